The Hall–Kier alpha value is -3.70. The Morgan fingerprint density at radius 2 is 1.24 bits per heavy atom. The molecule has 0 spiro atoms. The van der Waals surface area contributed by atoms with E-state index in [1.54, 1.807) is 21.3 Å². The van der Waals surface area contributed by atoms with E-state index < -0.39 is 45.9 Å². The fraction of sp³-hybridized carbons (Fsp3) is 0.400. The molecule has 0 bridgehead atoms. The number of benzene rings is 4. The minimum absolute atomic E-state index is 0.143. The summed E-state index contributed by atoms with van der Waals surface area (Å²) in [5.41, 5.74) is 3.67. The maximum atomic E-state index is 11.9. The van der Waals surface area contributed by atoms with E-state index in [0.29, 0.717) is 37.9 Å². The first-order valence-electron chi connectivity index (χ1n) is 17.5. The first-order chi connectivity index (χ1) is 26.2. The predicted molar refractivity (Wildman–Crippen MR) is 201 cm³/mol. The Balaban J connectivity index is 1.27. The summed E-state index contributed by atoms with van der Waals surface area (Å²) in [7, 11) is -0.707. The molecule has 14 heteroatoms. The van der Waals surface area contributed by atoms with Crippen LogP contribution in [0, 0.1) is 0 Å². The van der Waals surface area contributed by atoms with Crippen molar-refractivity contribution in [1.82, 2.24) is 0 Å². The Morgan fingerprint density at radius 1 is 0.704 bits per heavy atom. The van der Waals surface area contributed by atoms with Crippen molar-refractivity contribution in [3.05, 3.63) is 125 Å². The van der Waals surface area contributed by atoms with Crippen molar-refractivity contribution in [3.8, 4) is 17.2 Å². The number of ether oxygens (including phenoxy) is 8. The van der Waals surface area contributed by atoms with Gasteiger partial charge >= 0.3 is 0 Å². The van der Waals surface area contributed by atoms with E-state index in [9.17, 15) is 13.0 Å². The van der Waals surface area contributed by atoms with E-state index in [1.165, 1.54) is 0 Å². The van der Waals surface area contributed by atoms with Crippen molar-refractivity contribution < 1.29 is 55.0 Å². The van der Waals surface area contributed by atoms with Crippen LogP contribution >= 0.6 is 0 Å². The van der Waals surface area contributed by atoms with Crippen molar-refractivity contribution in [2.75, 3.05) is 46.0 Å². The van der Waals surface area contributed by atoms with Gasteiger partial charge in [0.05, 0.1) is 54.4 Å². The summed E-state index contributed by atoms with van der Waals surface area (Å²) in [5.74, 6) is 3.18. The second kappa shape index (κ2) is 19.2. The molecule has 2 aliphatic rings. The van der Waals surface area contributed by atoms with Crippen molar-refractivity contribution in [1.29, 1.82) is 0 Å². The zero-order valence-electron chi connectivity index (χ0n) is 30.4. The molecule has 6 rings (SSSR count). The zero-order chi connectivity index (χ0) is 37.9. The summed E-state index contributed by atoms with van der Waals surface area (Å²) in [4.78, 5) is 0. The molecule has 2 fully saturated rings. The van der Waals surface area contributed by atoms with Gasteiger partial charge in [0.25, 0.3) is 0 Å². The highest BCUT2D eigenvalue weighted by Gasteiger charge is 2.55. The van der Waals surface area contributed by atoms with Gasteiger partial charge < -0.3 is 42.4 Å². The van der Waals surface area contributed by atoms with Gasteiger partial charge in [-0.1, -0.05) is 66.7 Å². The fourth-order valence-corrected chi connectivity index (χ4v) is 9.87. The van der Waals surface area contributed by atoms with Crippen LogP contribution in [0.25, 0.3) is 0 Å². The van der Waals surface area contributed by atoms with Crippen molar-refractivity contribution >= 4 is 21.3 Å². The van der Waals surface area contributed by atoms with Crippen LogP contribution in [0.4, 0.5) is 0 Å². The maximum absolute atomic E-state index is 11.9. The maximum Gasteiger partial charge on any atom is 0.218 e. The average Bonchev–Trinajstić information content (AvgIpc) is 3.52. The third-order valence-corrected chi connectivity index (χ3v) is 12.5. The lowest BCUT2D eigenvalue weighted by molar-refractivity contribution is -0.245. The topological polar surface area (TPSA) is 140 Å². The normalized spacial score (nSPS) is 24.3. The lowest BCUT2D eigenvalue weighted by Crippen LogP contribution is -2.48. The summed E-state index contributed by atoms with van der Waals surface area (Å²) >= 11 is 0. The van der Waals surface area contributed by atoms with Crippen molar-refractivity contribution in [3.63, 3.8) is 0 Å². The molecular formula is C40H46O12S2. The van der Waals surface area contributed by atoms with Crippen LogP contribution in [0.2, 0.25) is 0 Å². The molecule has 2 saturated heterocycles. The first-order valence-corrected chi connectivity index (χ1v) is 20.5. The summed E-state index contributed by atoms with van der Waals surface area (Å²) in [6, 6.07) is 32.4. The molecule has 4 aromatic rings. The molecule has 0 amide bonds. The fourth-order valence-electron chi connectivity index (χ4n) is 6.41. The standard InChI is InChI=1S/C40H46O12S2/c1-44-32-15-9-28(10-16-32)21-47-25-38-39(49-23-30-13-19-34(46-3)20-14-30)37(48-22-29-11-17-33(45-2)18-12-29)27-53(38)26-36-35(52-54(41,42)43)24-50-40(51-36)31-7-5-4-6-8-31/h4-20,35-40H,21-27H2,1-3H3/t35-,36+,37+,38+,39-,40?,53?/m0/s1. The number of hydrogen-bond donors (Lipinski definition) is 0. The van der Waals surface area contributed by atoms with E-state index >= 15 is 0 Å². The van der Waals surface area contributed by atoms with Gasteiger partial charge in [-0.15, -0.1) is 0 Å². The lowest BCUT2D eigenvalue weighted by Gasteiger charge is -2.36. The second-order valence-corrected chi connectivity index (χ2v) is 16.2. The molecule has 2 aliphatic heterocycles. The number of methoxy groups -OCH3 is 3. The van der Waals surface area contributed by atoms with E-state index in [0.717, 1.165) is 39.5 Å². The summed E-state index contributed by atoms with van der Waals surface area (Å²) < 4.78 is 88.7. The van der Waals surface area contributed by atoms with E-state index in [4.69, 9.17) is 42.1 Å². The molecule has 12 nitrogen and oxygen atoms in total. The zero-order valence-corrected chi connectivity index (χ0v) is 32.1. The van der Waals surface area contributed by atoms with Crippen LogP contribution in [0.1, 0.15) is 28.5 Å². The van der Waals surface area contributed by atoms with Crippen molar-refractivity contribution in [2.24, 2.45) is 0 Å². The minimum Gasteiger partial charge on any atom is -0.726 e. The van der Waals surface area contributed by atoms with Gasteiger partial charge in [0.1, 0.15) is 53.2 Å². The van der Waals surface area contributed by atoms with Crippen LogP contribution in [-0.4, -0.2) is 88.7 Å². The third kappa shape index (κ3) is 11.2. The molecule has 0 aliphatic carbocycles. The van der Waals surface area contributed by atoms with E-state index in [2.05, 4.69) is 0 Å². The van der Waals surface area contributed by atoms with Crippen molar-refractivity contribution in [2.45, 2.75) is 55.8 Å². The monoisotopic (exact) mass is 782 g/mol. The first kappa shape index (κ1) is 40.0. The molecule has 7 atom stereocenters. The Bertz CT molecular complexity index is 1830. The molecule has 0 saturated carbocycles. The van der Waals surface area contributed by atoms with Gasteiger partial charge in [0.2, 0.25) is 10.4 Å². The van der Waals surface area contributed by atoms with Crippen LogP contribution in [0.3, 0.4) is 0 Å². The van der Waals surface area contributed by atoms with Crippen LogP contribution in [0.5, 0.6) is 17.2 Å². The Morgan fingerprint density at radius 3 is 1.78 bits per heavy atom. The molecule has 54 heavy (non-hydrogen) atoms. The number of rotatable bonds is 18. The highest BCUT2D eigenvalue weighted by molar-refractivity contribution is 7.97. The largest absolute Gasteiger partial charge is 0.726 e. The minimum atomic E-state index is -5.05. The second-order valence-electron chi connectivity index (χ2n) is 12.9. The van der Waals surface area contributed by atoms with Gasteiger partial charge in [0, 0.05) is 16.5 Å². The highest BCUT2D eigenvalue weighted by Crippen LogP contribution is 2.35. The van der Waals surface area contributed by atoms with Gasteiger partial charge in [-0.25, -0.2) is 8.42 Å². The molecule has 290 valence electrons. The molecule has 0 N–H and O–H groups in total. The van der Waals surface area contributed by atoms with Crippen LogP contribution in [-0.2, 0) is 69.0 Å². The number of hydrogen-bond acceptors (Lipinski definition) is 12. The molecule has 2 heterocycles. The van der Waals surface area contributed by atoms with Gasteiger partial charge in [-0.3, -0.25) is 4.18 Å². The summed E-state index contributed by atoms with van der Waals surface area (Å²) in [6.45, 7) is 1.17. The smallest absolute Gasteiger partial charge is 0.218 e. The molecule has 2 unspecified atom stereocenters. The SMILES string of the molecule is COc1ccc(COC[C@@H]2[C@@H](OCc3ccc(OC)cc3)[C@H](OCc3ccc(OC)cc3)C[S+]2C[C@H]2OC(c3ccccc3)OC[C@@H]2OS(=O)(=O)[O-])cc1. The summed E-state index contributed by atoms with van der Waals surface area (Å²) in [5, 5.41) is -0.187. The van der Waals surface area contributed by atoms with Crippen LogP contribution in [0.15, 0.2) is 103 Å². The summed E-state index contributed by atoms with van der Waals surface area (Å²) in [6.07, 6.45) is -3.46. The Kier molecular flexibility index (Phi) is 14.2. The van der Waals surface area contributed by atoms with E-state index in [-0.39, 0.29) is 18.0 Å². The quantitative estimate of drug-likeness (QED) is 0.0730. The average molecular weight is 783 g/mol. The van der Waals surface area contributed by atoms with Crippen LogP contribution < -0.4 is 14.2 Å². The van der Waals surface area contributed by atoms with Gasteiger partial charge in [-0.05, 0) is 53.1 Å². The van der Waals surface area contributed by atoms with Gasteiger partial charge in [-0.2, -0.15) is 0 Å². The Labute approximate surface area is 319 Å². The molecular weight excluding hydrogens is 737 g/mol. The molecule has 0 radical (unpaired) electrons. The van der Waals surface area contributed by atoms with E-state index in [1.807, 2.05) is 103 Å². The predicted octanol–water partition coefficient (Wildman–Crippen LogP) is 5.36. The highest BCUT2D eigenvalue weighted by atomic mass is 32.3. The molecule has 4 aromatic carbocycles. The third-order valence-electron chi connectivity index (χ3n) is 9.29. The van der Waals surface area contributed by atoms with Gasteiger partial charge in [0.15, 0.2) is 11.5 Å². The molecule has 0 aromatic heterocycles. The lowest BCUT2D eigenvalue weighted by atomic mass is 10.1.